The first-order chi connectivity index (χ1) is 9.40. The Balaban J connectivity index is 2.56. The molecule has 4 N–H and O–H groups in total. The van der Waals surface area contributed by atoms with Crippen LogP contribution in [-0.2, 0) is 4.79 Å². The fourth-order valence-corrected chi connectivity index (χ4v) is 1.64. The van der Waals surface area contributed by atoms with Gasteiger partial charge in [-0.05, 0) is 24.6 Å². The number of amides is 3. The lowest BCUT2D eigenvalue weighted by atomic mass is 10.2. The molecule has 0 aromatic heterocycles. The Bertz CT molecular complexity index is 502. The number of hydrogen-bond acceptors (Lipinski definition) is 3. The van der Waals surface area contributed by atoms with E-state index in [1.54, 1.807) is 19.1 Å². The largest absolute Gasteiger partial charge is 0.352 e. The number of nitrogens with zero attached hydrogens (tertiary/aromatic N) is 1. The van der Waals surface area contributed by atoms with Crippen molar-refractivity contribution in [3.63, 3.8) is 0 Å². The van der Waals surface area contributed by atoms with Gasteiger partial charge in [-0.2, -0.15) is 0 Å². The molecule has 0 radical (unpaired) electrons. The Morgan fingerprint density at radius 3 is 2.60 bits per heavy atom. The topological polar surface area (TPSA) is 95.7 Å². The molecule has 0 fully saturated rings. The van der Waals surface area contributed by atoms with Gasteiger partial charge in [0.25, 0.3) is 5.91 Å². The Labute approximate surface area is 125 Å². The molecule has 0 aliphatic carbocycles. The number of hydroxylamine groups is 2. The van der Waals surface area contributed by atoms with Crippen molar-refractivity contribution in [2.24, 2.45) is 5.73 Å². The molecule has 6 nitrogen and oxygen atoms in total. The standard InChI is InChI=1S/C13H16BrN3O3/c1-9(17(20)12(18)8-16-13(15)19)2-3-10-4-6-11(14)7-5-10/h2-7,9,20H,8H2,1H3,(H3,15,16,19)/b3-2+. The number of hydrogen-bond donors (Lipinski definition) is 3. The van der Waals surface area contributed by atoms with Gasteiger partial charge in [0.05, 0.1) is 6.04 Å². The fraction of sp³-hybridized carbons (Fsp3) is 0.231. The Kier molecular flexibility index (Phi) is 6.20. The lowest BCUT2D eigenvalue weighted by Gasteiger charge is -2.19. The third-order valence-corrected chi connectivity index (χ3v) is 3.02. The van der Waals surface area contributed by atoms with E-state index in [9.17, 15) is 14.8 Å². The van der Waals surface area contributed by atoms with Gasteiger partial charge in [-0.25, -0.2) is 9.86 Å². The minimum atomic E-state index is -0.815. The summed E-state index contributed by atoms with van der Waals surface area (Å²) in [6, 6.07) is 6.23. The lowest BCUT2D eigenvalue weighted by molar-refractivity contribution is -0.168. The van der Waals surface area contributed by atoms with E-state index in [2.05, 4.69) is 21.2 Å². The minimum Gasteiger partial charge on any atom is -0.352 e. The highest BCUT2D eigenvalue weighted by Crippen LogP contribution is 2.12. The van der Waals surface area contributed by atoms with Crippen LogP contribution in [0.2, 0.25) is 0 Å². The summed E-state index contributed by atoms with van der Waals surface area (Å²) in [5, 5.41) is 12.3. The third kappa shape index (κ3) is 5.41. The average Bonchev–Trinajstić information content (AvgIpc) is 2.42. The Morgan fingerprint density at radius 1 is 1.45 bits per heavy atom. The van der Waals surface area contributed by atoms with E-state index in [4.69, 9.17) is 5.73 Å². The van der Waals surface area contributed by atoms with Crippen molar-refractivity contribution >= 4 is 33.9 Å². The van der Waals surface area contributed by atoms with Crippen LogP contribution in [0.25, 0.3) is 6.08 Å². The number of urea groups is 1. The maximum absolute atomic E-state index is 11.5. The maximum atomic E-state index is 11.5. The van der Waals surface area contributed by atoms with Gasteiger partial charge in [-0.1, -0.05) is 40.2 Å². The molecule has 7 heteroatoms. The molecule has 0 bridgehead atoms. The van der Waals surface area contributed by atoms with Gasteiger partial charge in [0.2, 0.25) is 0 Å². The van der Waals surface area contributed by atoms with Crippen molar-refractivity contribution in [2.75, 3.05) is 6.54 Å². The van der Waals surface area contributed by atoms with Crippen LogP contribution in [0.1, 0.15) is 12.5 Å². The maximum Gasteiger partial charge on any atom is 0.312 e. The SMILES string of the molecule is CC(/C=C/c1ccc(Br)cc1)N(O)C(=O)CNC(N)=O. The van der Waals surface area contributed by atoms with Gasteiger partial charge >= 0.3 is 6.03 Å². The second-order valence-corrected chi connectivity index (χ2v) is 5.02. The molecule has 1 aromatic carbocycles. The number of carbonyl (C=O) groups is 2. The molecule has 0 saturated heterocycles. The van der Waals surface area contributed by atoms with Gasteiger partial charge in [0.15, 0.2) is 0 Å². The average molecular weight is 342 g/mol. The van der Waals surface area contributed by atoms with Gasteiger partial charge in [-0.15, -0.1) is 0 Å². The molecule has 108 valence electrons. The smallest absolute Gasteiger partial charge is 0.312 e. The van der Waals surface area contributed by atoms with Crippen LogP contribution >= 0.6 is 15.9 Å². The predicted molar refractivity (Wildman–Crippen MR) is 78.9 cm³/mol. The number of rotatable bonds is 5. The summed E-state index contributed by atoms with van der Waals surface area (Å²) in [5.74, 6) is -0.642. The monoisotopic (exact) mass is 341 g/mol. The first kappa shape index (κ1) is 16.2. The third-order valence-electron chi connectivity index (χ3n) is 2.49. The van der Waals surface area contributed by atoms with E-state index in [1.807, 2.05) is 24.3 Å². The summed E-state index contributed by atoms with van der Waals surface area (Å²) in [7, 11) is 0. The van der Waals surface area contributed by atoms with E-state index >= 15 is 0 Å². The molecule has 1 unspecified atom stereocenters. The molecular weight excluding hydrogens is 326 g/mol. The second kappa shape index (κ2) is 7.66. The normalized spacial score (nSPS) is 12.2. The predicted octanol–water partition coefficient (Wildman–Crippen LogP) is 1.74. The number of halogens is 1. The molecule has 3 amide bonds. The molecule has 0 saturated carbocycles. The molecule has 0 aliphatic heterocycles. The Hall–Kier alpha value is -1.86. The van der Waals surface area contributed by atoms with Crippen molar-refractivity contribution in [2.45, 2.75) is 13.0 Å². The molecule has 1 atom stereocenters. The molecule has 0 aliphatic rings. The summed E-state index contributed by atoms with van der Waals surface area (Å²) in [6.45, 7) is 1.31. The van der Waals surface area contributed by atoms with Crippen molar-refractivity contribution in [3.05, 3.63) is 40.4 Å². The zero-order valence-electron chi connectivity index (χ0n) is 10.9. The van der Waals surface area contributed by atoms with Crippen LogP contribution in [0.15, 0.2) is 34.8 Å². The van der Waals surface area contributed by atoms with E-state index < -0.39 is 18.0 Å². The van der Waals surface area contributed by atoms with Gasteiger partial charge in [-0.3, -0.25) is 10.0 Å². The fourth-order valence-electron chi connectivity index (χ4n) is 1.38. The van der Waals surface area contributed by atoms with Gasteiger partial charge in [0, 0.05) is 4.47 Å². The van der Waals surface area contributed by atoms with Crippen LogP contribution in [0.5, 0.6) is 0 Å². The van der Waals surface area contributed by atoms with Gasteiger partial charge in [0.1, 0.15) is 6.54 Å². The van der Waals surface area contributed by atoms with Crippen molar-refractivity contribution in [1.29, 1.82) is 0 Å². The van der Waals surface area contributed by atoms with E-state index in [0.717, 1.165) is 10.0 Å². The summed E-state index contributed by atoms with van der Waals surface area (Å²) in [4.78, 5) is 22.0. The summed E-state index contributed by atoms with van der Waals surface area (Å²) in [5.41, 5.74) is 5.78. The zero-order valence-corrected chi connectivity index (χ0v) is 12.5. The molecule has 20 heavy (non-hydrogen) atoms. The van der Waals surface area contributed by atoms with E-state index in [-0.39, 0.29) is 6.54 Å². The highest BCUT2D eigenvalue weighted by Gasteiger charge is 2.15. The van der Waals surface area contributed by atoms with E-state index in [0.29, 0.717) is 5.06 Å². The molecule has 0 heterocycles. The highest BCUT2D eigenvalue weighted by molar-refractivity contribution is 9.10. The van der Waals surface area contributed by atoms with Crippen molar-refractivity contribution < 1.29 is 14.8 Å². The lowest BCUT2D eigenvalue weighted by Crippen LogP contribution is -2.43. The number of benzene rings is 1. The van der Waals surface area contributed by atoms with Crippen LogP contribution in [0, 0.1) is 0 Å². The highest BCUT2D eigenvalue weighted by atomic mass is 79.9. The first-order valence-electron chi connectivity index (χ1n) is 5.88. The second-order valence-electron chi connectivity index (χ2n) is 4.11. The number of carbonyl (C=O) groups excluding carboxylic acids is 2. The number of nitrogens with one attached hydrogen (secondary N) is 1. The zero-order chi connectivity index (χ0) is 15.1. The summed E-state index contributed by atoms with van der Waals surface area (Å²) < 4.78 is 0.971. The summed E-state index contributed by atoms with van der Waals surface area (Å²) >= 11 is 3.34. The number of primary amides is 1. The quantitative estimate of drug-likeness (QED) is 0.562. The van der Waals surface area contributed by atoms with Crippen molar-refractivity contribution in [1.82, 2.24) is 10.4 Å². The van der Waals surface area contributed by atoms with Crippen LogP contribution in [0.3, 0.4) is 0 Å². The van der Waals surface area contributed by atoms with Crippen molar-refractivity contribution in [3.8, 4) is 0 Å². The van der Waals surface area contributed by atoms with Crippen LogP contribution in [0.4, 0.5) is 4.79 Å². The molecule has 1 rings (SSSR count). The van der Waals surface area contributed by atoms with Gasteiger partial charge < -0.3 is 11.1 Å². The summed E-state index contributed by atoms with van der Waals surface area (Å²) in [6.07, 6.45) is 3.46. The van der Waals surface area contributed by atoms with Crippen LogP contribution in [-0.4, -0.2) is 34.8 Å². The first-order valence-corrected chi connectivity index (χ1v) is 6.67. The Morgan fingerprint density at radius 2 is 2.05 bits per heavy atom. The van der Waals surface area contributed by atoms with Crippen LogP contribution < -0.4 is 11.1 Å². The number of nitrogens with two attached hydrogens (primary N) is 1. The van der Waals surface area contributed by atoms with E-state index in [1.165, 1.54) is 0 Å². The molecular formula is C13H16BrN3O3. The molecule has 1 aromatic rings. The minimum absolute atomic E-state index is 0.345. The molecule has 0 spiro atoms.